The highest BCUT2D eigenvalue weighted by Gasteiger charge is 2.25. The van der Waals surface area contributed by atoms with E-state index in [4.69, 9.17) is 14.6 Å². The fourth-order valence-electron chi connectivity index (χ4n) is 1.70. The second-order valence-electron chi connectivity index (χ2n) is 4.20. The Morgan fingerprint density at radius 1 is 1.19 bits per heavy atom. The summed E-state index contributed by atoms with van der Waals surface area (Å²) in [4.78, 5) is 0.840. The second-order valence-corrected chi connectivity index (χ2v) is 7.14. The molecule has 122 valence electrons. The molecule has 1 rings (SSSR count). The van der Waals surface area contributed by atoms with Crippen molar-refractivity contribution in [1.29, 1.82) is 0 Å². The van der Waals surface area contributed by atoms with Crippen molar-refractivity contribution in [2.24, 2.45) is 0 Å². The van der Waals surface area contributed by atoms with Crippen molar-refractivity contribution < 1.29 is 23.0 Å². The van der Waals surface area contributed by atoms with Crippen molar-refractivity contribution in [2.45, 2.75) is 25.3 Å². The van der Waals surface area contributed by atoms with Crippen LogP contribution < -0.4 is 0 Å². The summed E-state index contributed by atoms with van der Waals surface area (Å²) in [6, 6.07) is 1.51. The average molecular weight is 337 g/mol. The van der Waals surface area contributed by atoms with Gasteiger partial charge in [-0.05, 0) is 19.9 Å². The summed E-state index contributed by atoms with van der Waals surface area (Å²) in [5.74, 6) is 0. The topological polar surface area (TPSA) is 76.1 Å². The summed E-state index contributed by atoms with van der Waals surface area (Å²) in [5, 5.41) is 10.6. The Balaban J connectivity index is 2.81. The van der Waals surface area contributed by atoms with Gasteiger partial charge in [0.1, 0.15) is 0 Å². The molecule has 1 aromatic heterocycles. The van der Waals surface area contributed by atoms with Gasteiger partial charge < -0.3 is 14.6 Å². The minimum Gasteiger partial charge on any atom is -0.391 e. The zero-order chi connectivity index (χ0) is 15.7. The summed E-state index contributed by atoms with van der Waals surface area (Å²) in [7, 11) is -3.58. The SMILES string of the molecule is CCOCCN(CCOCC)S(=O)(=O)c1csc(CO)c1. The Morgan fingerprint density at radius 2 is 1.76 bits per heavy atom. The Morgan fingerprint density at radius 3 is 2.19 bits per heavy atom. The van der Waals surface area contributed by atoms with E-state index < -0.39 is 10.0 Å². The van der Waals surface area contributed by atoms with Gasteiger partial charge in [-0.25, -0.2) is 8.42 Å². The van der Waals surface area contributed by atoms with Gasteiger partial charge in [-0.3, -0.25) is 0 Å². The largest absolute Gasteiger partial charge is 0.391 e. The number of aliphatic hydroxyl groups is 1. The highest BCUT2D eigenvalue weighted by Crippen LogP contribution is 2.22. The lowest BCUT2D eigenvalue weighted by atomic mass is 10.5. The lowest BCUT2D eigenvalue weighted by molar-refractivity contribution is 0.110. The van der Waals surface area contributed by atoms with E-state index in [1.165, 1.54) is 21.7 Å². The molecule has 0 aliphatic rings. The fourth-order valence-corrected chi connectivity index (χ4v) is 4.23. The van der Waals surface area contributed by atoms with E-state index in [9.17, 15) is 8.42 Å². The summed E-state index contributed by atoms with van der Waals surface area (Å²) in [6.07, 6.45) is 0. The molecular weight excluding hydrogens is 314 g/mol. The van der Waals surface area contributed by atoms with E-state index in [0.717, 1.165) is 0 Å². The molecule has 21 heavy (non-hydrogen) atoms. The van der Waals surface area contributed by atoms with Crippen molar-refractivity contribution in [3.05, 3.63) is 16.3 Å². The molecule has 0 saturated carbocycles. The van der Waals surface area contributed by atoms with E-state index in [-0.39, 0.29) is 24.6 Å². The molecule has 0 aliphatic heterocycles. The predicted octanol–water partition coefficient (Wildman–Crippen LogP) is 1.30. The van der Waals surface area contributed by atoms with Gasteiger partial charge in [0.15, 0.2) is 0 Å². The quantitative estimate of drug-likeness (QED) is 0.616. The second kappa shape index (κ2) is 9.50. The summed E-state index contributed by atoms with van der Waals surface area (Å²) in [6.45, 7) is 5.94. The molecule has 6 nitrogen and oxygen atoms in total. The predicted molar refractivity (Wildman–Crippen MR) is 82.0 cm³/mol. The molecular formula is C13H23NO5S2. The van der Waals surface area contributed by atoms with Crippen LogP contribution in [0.4, 0.5) is 0 Å². The Kier molecular flexibility index (Phi) is 8.38. The molecule has 0 saturated heterocycles. The van der Waals surface area contributed by atoms with Crippen LogP contribution in [0.15, 0.2) is 16.3 Å². The van der Waals surface area contributed by atoms with Crippen LogP contribution in [0.25, 0.3) is 0 Å². The highest BCUT2D eigenvalue weighted by atomic mass is 32.2. The maximum absolute atomic E-state index is 12.6. The molecule has 0 atom stereocenters. The van der Waals surface area contributed by atoms with Crippen LogP contribution in [0.2, 0.25) is 0 Å². The Bertz CT molecular complexity index is 490. The van der Waals surface area contributed by atoms with E-state index in [1.807, 2.05) is 13.8 Å². The molecule has 0 bridgehead atoms. The van der Waals surface area contributed by atoms with E-state index in [2.05, 4.69) is 0 Å². The highest BCUT2D eigenvalue weighted by molar-refractivity contribution is 7.89. The van der Waals surface area contributed by atoms with Gasteiger partial charge in [0.25, 0.3) is 0 Å². The van der Waals surface area contributed by atoms with Gasteiger partial charge in [-0.15, -0.1) is 11.3 Å². The number of hydrogen-bond donors (Lipinski definition) is 1. The molecule has 0 unspecified atom stereocenters. The van der Waals surface area contributed by atoms with Crippen LogP contribution >= 0.6 is 11.3 Å². The fraction of sp³-hybridized carbons (Fsp3) is 0.692. The van der Waals surface area contributed by atoms with Gasteiger partial charge in [0, 0.05) is 36.6 Å². The standard InChI is InChI=1S/C13H23NO5S2/c1-3-18-7-5-14(6-8-19-4-2)21(16,17)13-9-12(10-15)20-11-13/h9,11,15H,3-8,10H2,1-2H3. The van der Waals surface area contributed by atoms with Gasteiger partial charge in [-0.2, -0.15) is 4.31 Å². The Hall–Kier alpha value is -0.510. The molecule has 0 fully saturated rings. The van der Waals surface area contributed by atoms with Gasteiger partial charge in [0.05, 0.1) is 24.7 Å². The lowest BCUT2D eigenvalue weighted by Gasteiger charge is -2.21. The van der Waals surface area contributed by atoms with Crippen molar-refractivity contribution in [1.82, 2.24) is 4.31 Å². The normalized spacial score (nSPS) is 12.2. The van der Waals surface area contributed by atoms with Crippen LogP contribution in [0.5, 0.6) is 0 Å². The minimum absolute atomic E-state index is 0.155. The molecule has 0 radical (unpaired) electrons. The van der Waals surface area contributed by atoms with Crippen LogP contribution in [0.1, 0.15) is 18.7 Å². The molecule has 0 aliphatic carbocycles. The number of hydrogen-bond acceptors (Lipinski definition) is 6. The molecule has 1 aromatic rings. The van der Waals surface area contributed by atoms with Crippen molar-refractivity contribution in [3.8, 4) is 0 Å². The third-order valence-electron chi connectivity index (χ3n) is 2.80. The zero-order valence-electron chi connectivity index (χ0n) is 12.4. The number of sulfonamides is 1. The zero-order valence-corrected chi connectivity index (χ0v) is 14.1. The molecule has 0 aromatic carbocycles. The molecule has 8 heteroatoms. The first-order chi connectivity index (χ1) is 10.1. The maximum Gasteiger partial charge on any atom is 0.244 e. The molecule has 0 spiro atoms. The van der Waals surface area contributed by atoms with E-state index in [0.29, 0.717) is 31.3 Å². The van der Waals surface area contributed by atoms with Crippen LogP contribution in [0.3, 0.4) is 0 Å². The molecule has 1 N–H and O–H groups in total. The summed E-state index contributed by atoms with van der Waals surface area (Å²) < 4.78 is 37.0. The third kappa shape index (κ3) is 5.65. The first kappa shape index (κ1) is 18.5. The number of ether oxygens (including phenoxy) is 2. The molecule has 0 amide bonds. The average Bonchev–Trinajstić information content (AvgIpc) is 2.95. The van der Waals surface area contributed by atoms with E-state index in [1.54, 1.807) is 5.38 Å². The van der Waals surface area contributed by atoms with Crippen LogP contribution in [-0.4, -0.2) is 57.3 Å². The minimum atomic E-state index is -3.58. The number of rotatable bonds is 11. The van der Waals surface area contributed by atoms with Gasteiger partial charge >= 0.3 is 0 Å². The first-order valence-electron chi connectivity index (χ1n) is 6.90. The smallest absolute Gasteiger partial charge is 0.244 e. The van der Waals surface area contributed by atoms with Crippen LogP contribution in [-0.2, 0) is 26.1 Å². The number of aliphatic hydroxyl groups excluding tert-OH is 1. The molecule has 1 heterocycles. The summed E-state index contributed by atoms with van der Waals surface area (Å²) >= 11 is 1.23. The maximum atomic E-state index is 12.6. The van der Waals surface area contributed by atoms with Crippen LogP contribution in [0, 0.1) is 0 Å². The third-order valence-corrected chi connectivity index (χ3v) is 5.75. The van der Waals surface area contributed by atoms with Gasteiger partial charge in [-0.1, -0.05) is 0 Å². The summed E-state index contributed by atoms with van der Waals surface area (Å²) in [5.41, 5.74) is 0. The van der Waals surface area contributed by atoms with Crippen molar-refractivity contribution in [3.63, 3.8) is 0 Å². The number of nitrogens with zero attached hydrogens (tertiary/aromatic N) is 1. The van der Waals surface area contributed by atoms with Crippen molar-refractivity contribution >= 4 is 21.4 Å². The number of thiophene rings is 1. The monoisotopic (exact) mass is 337 g/mol. The first-order valence-corrected chi connectivity index (χ1v) is 9.22. The van der Waals surface area contributed by atoms with E-state index >= 15 is 0 Å². The lowest BCUT2D eigenvalue weighted by Crippen LogP contribution is -2.36. The van der Waals surface area contributed by atoms with Gasteiger partial charge in [0.2, 0.25) is 10.0 Å². The Labute approximate surface area is 130 Å². The van der Waals surface area contributed by atoms with Crippen molar-refractivity contribution in [2.75, 3.05) is 39.5 Å².